The lowest BCUT2D eigenvalue weighted by molar-refractivity contribution is 0.407. The molecule has 0 saturated heterocycles. The van der Waals surface area contributed by atoms with Gasteiger partial charge in [-0.15, -0.1) is 0 Å². The van der Waals surface area contributed by atoms with E-state index in [1.54, 1.807) is 7.11 Å². The van der Waals surface area contributed by atoms with Gasteiger partial charge in [0.05, 0.1) is 25.5 Å². The molecule has 1 heterocycles. The number of aromatic nitrogens is 2. The van der Waals surface area contributed by atoms with Crippen molar-refractivity contribution in [3.05, 3.63) is 52.4 Å². The van der Waals surface area contributed by atoms with E-state index in [2.05, 4.69) is 5.10 Å². The highest BCUT2D eigenvalue weighted by atomic mass is 16.5. The topological polar surface area (TPSA) is 70.1 Å². The molecule has 2 aromatic rings. The number of hydrogen-bond donors (Lipinski definition) is 1. The Kier molecular flexibility index (Phi) is 3.09. The summed E-state index contributed by atoms with van der Waals surface area (Å²) in [6.07, 6.45) is 1.46. The van der Waals surface area contributed by atoms with Crippen molar-refractivity contribution >= 4 is 5.69 Å². The average Bonchev–Trinajstić information content (AvgIpc) is 2.33. The Morgan fingerprint density at radius 2 is 2.18 bits per heavy atom. The van der Waals surface area contributed by atoms with Crippen LogP contribution < -0.4 is 16.0 Å². The predicted octanol–water partition coefficient (Wildman–Crippen LogP) is 0.882. The van der Waals surface area contributed by atoms with Gasteiger partial charge in [0.2, 0.25) is 0 Å². The molecule has 1 aromatic heterocycles. The van der Waals surface area contributed by atoms with Crippen LogP contribution in [0.1, 0.15) is 5.56 Å². The van der Waals surface area contributed by atoms with Crippen molar-refractivity contribution in [1.82, 2.24) is 9.78 Å². The number of nitrogens with two attached hydrogens (primary N) is 1. The summed E-state index contributed by atoms with van der Waals surface area (Å²) < 4.78 is 6.55. The van der Waals surface area contributed by atoms with Crippen LogP contribution >= 0.6 is 0 Å². The highest BCUT2D eigenvalue weighted by Gasteiger charge is 2.04. The normalized spacial score (nSPS) is 10.2. The Labute approximate surface area is 98.5 Å². The van der Waals surface area contributed by atoms with E-state index in [9.17, 15) is 4.79 Å². The molecular weight excluding hydrogens is 218 g/mol. The Morgan fingerprint density at radius 1 is 1.41 bits per heavy atom. The summed E-state index contributed by atoms with van der Waals surface area (Å²) in [6.45, 7) is 0.364. The van der Waals surface area contributed by atoms with E-state index in [4.69, 9.17) is 10.5 Å². The average molecular weight is 231 g/mol. The van der Waals surface area contributed by atoms with Crippen LogP contribution in [0.5, 0.6) is 5.75 Å². The van der Waals surface area contributed by atoms with Crippen molar-refractivity contribution in [3.8, 4) is 5.75 Å². The van der Waals surface area contributed by atoms with E-state index in [-0.39, 0.29) is 5.56 Å². The number of anilines is 1. The molecule has 5 heteroatoms. The molecule has 0 radical (unpaired) electrons. The molecule has 0 fully saturated rings. The number of ether oxygens (including phenoxy) is 1. The number of nitrogen functional groups attached to an aromatic ring is 1. The summed E-state index contributed by atoms with van der Waals surface area (Å²) in [5.41, 5.74) is 6.51. The van der Waals surface area contributed by atoms with Gasteiger partial charge < -0.3 is 10.5 Å². The second-order valence-corrected chi connectivity index (χ2v) is 3.60. The molecule has 5 nitrogen and oxygen atoms in total. The van der Waals surface area contributed by atoms with Crippen LogP contribution in [0.3, 0.4) is 0 Å². The van der Waals surface area contributed by atoms with Gasteiger partial charge in [0.25, 0.3) is 5.56 Å². The number of para-hydroxylation sites is 1. The number of rotatable bonds is 3. The third-order valence-electron chi connectivity index (χ3n) is 2.40. The maximum atomic E-state index is 11.6. The zero-order valence-electron chi connectivity index (χ0n) is 9.46. The van der Waals surface area contributed by atoms with Crippen LogP contribution in [-0.4, -0.2) is 16.9 Å². The summed E-state index contributed by atoms with van der Waals surface area (Å²) in [6, 6.07) is 8.85. The second kappa shape index (κ2) is 4.69. The molecule has 0 amide bonds. The van der Waals surface area contributed by atoms with Crippen LogP contribution in [0, 0.1) is 0 Å². The predicted molar refractivity (Wildman–Crippen MR) is 65.0 cm³/mol. The van der Waals surface area contributed by atoms with Gasteiger partial charge in [-0.3, -0.25) is 4.79 Å². The molecular formula is C12H13N3O2. The molecule has 0 aliphatic carbocycles. The van der Waals surface area contributed by atoms with Crippen molar-refractivity contribution in [2.75, 3.05) is 12.8 Å². The molecule has 0 aliphatic heterocycles. The first-order valence-corrected chi connectivity index (χ1v) is 5.15. The zero-order chi connectivity index (χ0) is 12.3. The fourth-order valence-corrected chi connectivity index (χ4v) is 1.56. The van der Waals surface area contributed by atoms with E-state index in [1.165, 1.54) is 16.9 Å². The van der Waals surface area contributed by atoms with E-state index in [0.29, 0.717) is 12.2 Å². The highest BCUT2D eigenvalue weighted by Crippen LogP contribution is 2.17. The zero-order valence-corrected chi connectivity index (χ0v) is 9.46. The summed E-state index contributed by atoms with van der Waals surface area (Å²) in [5, 5.41) is 3.97. The summed E-state index contributed by atoms with van der Waals surface area (Å²) in [4.78, 5) is 11.6. The van der Waals surface area contributed by atoms with Crippen LogP contribution in [-0.2, 0) is 6.54 Å². The van der Waals surface area contributed by atoms with Crippen molar-refractivity contribution < 1.29 is 4.74 Å². The van der Waals surface area contributed by atoms with E-state index in [0.717, 1.165) is 11.3 Å². The molecule has 0 aliphatic rings. The quantitative estimate of drug-likeness (QED) is 0.851. The third kappa shape index (κ3) is 2.44. The summed E-state index contributed by atoms with van der Waals surface area (Å²) >= 11 is 0. The van der Waals surface area contributed by atoms with Crippen molar-refractivity contribution in [1.29, 1.82) is 0 Å². The van der Waals surface area contributed by atoms with Gasteiger partial charge >= 0.3 is 0 Å². The summed E-state index contributed by atoms with van der Waals surface area (Å²) in [5.74, 6) is 0.734. The molecule has 0 unspecified atom stereocenters. The van der Waals surface area contributed by atoms with E-state index in [1.807, 2.05) is 24.3 Å². The number of benzene rings is 1. The number of methoxy groups -OCH3 is 1. The molecule has 88 valence electrons. The number of hydrogen-bond acceptors (Lipinski definition) is 4. The Hall–Kier alpha value is -2.30. The molecule has 0 bridgehead atoms. The summed E-state index contributed by atoms with van der Waals surface area (Å²) in [7, 11) is 1.60. The first-order chi connectivity index (χ1) is 8.20. The van der Waals surface area contributed by atoms with Crippen LogP contribution in [0.4, 0.5) is 5.69 Å². The SMILES string of the molecule is COc1ccccc1Cn1ncc(N)cc1=O. The molecule has 0 atom stereocenters. The van der Waals surface area contributed by atoms with Crippen LogP contribution in [0.25, 0.3) is 0 Å². The van der Waals surface area contributed by atoms with Crippen LogP contribution in [0.15, 0.2) is 41.3 Å². The molecule has 2 rings (SSSR count). The monoisotopic (exact) mass is 231 g/mol. The minimum atomic E-state index is -0.226. The van der Waals surface area contributed by atoms with Gasteiger partial charge in [-0.25, -0.2) is 4.68 Å². The van der Waals surface area contributed by atoms with Crippen molar-refractivity contribution in [2.45, 2.75) is 6.54 Å². The van der Waals surface area contributed by atoms with Gasteiger partial charge in [0.15, 0.2) is 0 Å². The van der Waals surface area contributed by atoms with Crippen molar-refractivity contribution in [2.24, 2.45) is 0 Å². The standard InChI is InChI=1S/C12H13N3O2/c1-17-11-5-3-2-4-9(11)8-15-12(16)6-10(13)7-14-15/h2-7H,8,13H2,1H3. The first kappa shape index (κ1) is 11.2. The van der Waals surface area contributed by atoms with Gasteiger partial charge in [-0.1, -0.05) is 18.2 Å². The molecule has 2 N–H and O–H groups in total. The maximum Gasteiger partial charge on any atom is 0.269 e. The Bertz CT molecular complexity index is 578. The minimum absolute atomic E-state index is 0.226. The lowest BCUT2D eigenvalue weighted by Crippen LogP contribution is -2.23. The van der Waals surface area contributed by atoms with E-state index >= 15 is 0 Å². The molecule has 0 saturated carbocycles. The van der Waals surface area contributed by atoms with Gasteiger partial charge in [0, 0.05) is 11.6 Å². The Balaban J connectivity index is 2.35. The third-order valence-corrected chi connectivity index (χ3v) is 2.40. The van der Waals surface area contributed by atoms with E-state index < -0.39 is 0 Å². The van der Waals surface area contributed by atoms with Gasteiger partial charge in [-0.05, 0) is 6.07 Å². The van der Waals surface area contributed by atoms with Crippen LogP contribution in [0.2, 0.25) is 0 Å². The number of nitrogens with zero attached hydrogens (tertiary/aromatic N) is 2. The van der Waals surface area contributed by atoms with Gasteiger partial charge in [-0.2, -0.15) is 5.10 Å². The second-order valence-electron chi connectivity index (χ2n) is 3.60. The smallest absolute Gasteiger partial charge is 0.269 e. The fourth-order valence-electron chi connectivity index (χ4n) is 1.56. The fraction of sp³-hybridized carbons (Fsp3) is 0.167. The maximum absolute atomic E-state index is 11.6. The minimum Gasteiger partial charge on any atom is -0.496 e. The molecule has 0 spiro atoms. The molecule has 1 aromatic carbocycles. The highest BCUT2D eigenvalue weighted by molar-refractivity contribution is 5.34. The van der Waals surface area contributed by atoms with Gasteiger partial charge in [0.1, 0.15) is 5.75 Å². The lowest BCUT2D eigenvalue weighted by Gasteiger charge is -2.09. The lowest BCUT2D eigenvalue weighted by atomic mass is 10.2. The van der Waals surface area contributed by atoms with Crippen molar-refractivity contribution in [3.63, 3.8) is 0 Å². The first-order valence-electron chi connectivity index (χ1n) is 5.15. The Morgan fingerprint density at radius 3 is 2.88 bits per heavy atom. The largest absolute Gasteiger partial charge is 0.496 e. The molecule has 17 heavy (non-hydrogen) atoms.